The molecule has 3 N–H and O–H groups in total. The van der Waals surface area contributed by atoms with E-state index in [4.69, 9.17) is 5.84 Å². The van der Waals surface area contributed by atoms with E-state index >= 15 is 0 Å². The van der Waals surface area contributed by atoms with Crippen molar-refractivity contribution in [2.45, 2.75) is 0 Å². The van der Waals surface area contributed by atoms with Gasteiger partial charge in [-0.25, -0.2) is 15.8 Å². The smallest absolute Gasteiger partial charge is 0.145 e. The van der Waals surface area contributed by atoms with Gasteiger partial charge in [-0.15, -0.1) is 0 Å². The third-order valence-corrected chi connectivity index (χ3v) is 3.53. The number of aromatic nitrogens is 2. The summed E-state index contributed by atoms with van der Waals surface area (Å²) in [6.45, 7) is 3.85. The van der Waals surface area contributed by atoms with E-state index in [0.717, 1.165) is 32.0 Å². The van der Waals surface area contributed by atoms with Crippen molar-refractivity contribution in [1.82, 2.24) is 9.97 Å². The number of anilines is 3. The van der Waals surface area contributed by atoms with E-state index in [1.54, 1.807) is 0 Å². The number of piperazine rings is 1. The monoisotopic (exact) mass is 270 g/mol. The van der Waals surface area contributed by atoms with Gasteiger partial charge in [0.05, 0.1) is 0 Å². The first-order chi connectivity index (χ1) is 9.86. The highest BCUT2D eigenvalue weighted by Crippen LogP contribution is 2.19. The van der Waals surface area contributed by atoms with E-state index in [9.17, 15) is 0 Å². The third-order valence-electron chi connectivity index (χ3n) is 3.53. The van der Waals surface area contributed by atoms with Crippen molar-refractivity contribution in [2.75, 3.05) is 41.4 Å². The second kappa shape index (κ2) is 5.75. The fourth-order valence-corrected chi connectivity index (χ4v) is 2.43. The molecule has 6 nitrogen and oxygen atoms in total. The van der Waals surface area contributed by atoms with E-state index in [1.165, 1.54) is 12.0 Å². The molecule has 0 spiro atoms. The molecule has 6 heteroatoms. The number of nitrogens with two attached hydrogens (primary N) is 1. The van der Waals surface area contributed by atoms with Gasteiger partial charge in [-0.3, -0.25) is 0 Å². The van der Waals surface area contributed by atoms with Crippen LogP contribution in [0.1, 0.15) is 0 Å². The molecule has 0 saturated carbocycles. The fraction of sp³-hybridized carbons (Fsp3) is 0.286. The molecule has 0 unspecified atom stereocenters. The number of hydrogen-bond donors (Lipinski definition) is 2. The maximum Gasteiger partial charge on any atom is 0.145 e. The van der Waals surface area contributed by atoms with Gasteiger partial charge in [-0.2, -0.15) is 0 Å². The van der Waals surface area contributed by atoms with Crippen LogP contribution in [0.3, 0.4) is 0 Å². The van der Waals surface area contributed by atoms with Crippen LogP contribution in [0.25, 0.3) is 0 Å². The number of hydrogen-bond acceptors (Lipinski definition) is 6. The number of nitrogens with zero attached hydrogens (tertiary/aromatic N) is 4. The van der Waals surface area contributed by atoms with Crippen LogP contribution in [-0.2, 0) is 0 Å². The zero-order valence-corrected chi connectivity index (χ0v) is 11.2. The van der Waals surface area contributed by atoms with Crippen molar-refractivity contribution in [3.8, 4) is 0 Å². The van der Waals surface area contributed by atoms with Crippen molar-refractivity contribution in [3.63, 3.8) is 0 Å². The summed E-state index contributed by atoms with van der Waals surface area (Å²) in [7, 11) is 0. The highest BCUT2D eigenvalue weighted by atomic mass is 15.3. The SMILES string of the molecule is NNc1cc(N2CCN(c3ccccc3)CC2)ncn1. The van der Waals surface area contributed by atoms with E-state index in [2.05, 4.69) is 49.5 Å². The Hall–Kier alpha value is -2.34. The van der Waals surface area contributed by atoms with Crippen LogP contribution >= 0.6 is 0 Å². The van der Waals surface area contributed by atoms with Gasteiger partial charge in [0.1, 0.15) is 18.0 Å². The maximum absolute atomic E-state index is 5.38. The second-order valence-corrected chi connectivity index (χ2v) is 4.72. The highest BCUT2D eigenvalue weighted by Gasteiger charge is 2.18. The van der Waals surface area contributed by atoms with Crippen molar-refractivity contribution in [1.29, 1.82) is 0 Å². The molecule has 3 rings (SSSR count). The molecule has 2 aromatic rings. The minimum Gasteiger partial charge on any atom is -0.368 e. The number of nitrogens with one attached hydrogen (secondary N) is 1. The summed E-state index contributed by atoms with van der Waals surface area (Å²) in [6, 6.07) is 12.4. The summed E-state index contributed by atoms with van der Waals surface area (Å²) >= 11 is 0. The second-order valence-electron chi connectivity index (χ2n) is 4.72. The zero-order valence-electron chi connectivity index (χ0n) is 11.2. The molecule has 0 amide bonds. The van der Waals surface area contributed by atoms with Crippen LogP contribution in [0.4, 0.5) is 17.3 Å². The Labute approximate surface area is 118 Å². The van der Waals surface area contributed by atoms with Gasteiger partial charge in [-0.1, -0.05) is 18.2 Å². The molecule has 2 heterocycles. The standard InChI is InChI=1S/C14H18N6/c15-18-13-10-14(17-11-16-13)20-8-6-19(7-9-20)12-4-2-1-3-5-12/h1-5,10-11H,6-9,15H2,(H,16,17,18). The first-order valence-electron chi connectivity index (χ1n) is 6.70. The molecule has 0 bridgehead atoms. The lowest BCUT2D eigenvalue weighted by Gasteiger charge is -2.36. The van der Waals surface area contributed by atoms with E-state index in [-0.39, 0.29) is 0 Å². The van der Waals surface area contributed by atoms with E-state index < -0.39 is 0 Å². The van der Waals surface area contributed by atoms with Crippen LogP contribution in [0.5, 0.6) is 0 Å². The summed E-state index contributed by atoms with van der Waals surface area (Å²) in [6.07, 6.45) is 1.54. The minimum absolute atomic E-state index is 0.639. The van der Waals surface area contributed by atoms with Gasteiger partial charge in [-0.05, 0) is 12.1 Å². The Morgan fingerprint density at radius 1 is 0.950 bits per heavy atom. The summed E-state index contributed by atoms with van der Waals surface area (Å²) < 4.78 is 0. The molecular formula is C14H18N6. The lowest BCUT2D eigenvalue weighted by molar-refractivity contribution is 0.647. The summed E-state index contributed by atoms with van der Waals surface area (Å²) in [5, 5.41) is 0. The number of hydrazine groups is 1. The molecule has 1 aliphatic rings. The fourth-order valence-electron chi connectivity index (χ4n) is 2.43. The molecule has 0 atom stereocenters. The van der Waals surface area contributed by atoms with Gasteiger partial charge in [0.25, 0.3) is 0 Å². The molecule has 1 saturated heterocycles. The van der Waals surface area contributed by atoms with Crippen molar-refractivity contribution < 1.29 is 0 Å². The largest absolute Gasteiger partial charge is 0.368 e. The Morgan fingerprint density at radius 2 is 1.65 bits per heavy atom. The molecule has 1 fully saturated rings. The topological polar surface area (TPSA) is 70.3 Å². The van der Waals surface area contributed by atoms with Crippen LogP contribution in [0.2, 0.25) is 0 Å². The van der Waals surface area contributed by atoms with Gasteiger partial charge in [0.15, 0.2) is 0 Å². The average Bonchev–Trinajstić information content (AvgIpc) is 2.56. The first kappa shape index (κ1) is 12.7. The summed E-state index contributed by atoms with van der Waals surface area (Å²) in [5.74, 6) is 6.94. The van der Waals surface area contributed by atoms with Crippen molar-refractivity contribution in [3.05, 3.63) is 42.7 Å². The lowest BCUT2D eigenvalue weighted by Crippen LogP contribution is -2.46. The van der Waals surface area contributed by atoms with Gasteiger partial charge in [0.2, 0.25) is 0 Å². The van der Waals surface area contributed by atoms with Gasteiger partial charge in [0, 0.05) is 37.9 Å². The molecule has 1 aromatic heterocycles. The molecular weight excluding hydrogens is 252 g/mol. The highest BCUT2D eigenvalue weighted by molar-refractivity contribution is 5.51. The number of rotatable bonds is 3. The van der Waals surface area contributed by atoms with Gasteiger partial charge >= 0.3 is 0 Å². The number of nitrogen functional groups attached to an aromatic ring is 1. The average molecular weight is 270 g/mol. The Balaban J connectivity index is 1.66. The Morgan fingerprint density at radius 3 is 2.35 bits per heavy atom. The molecule has 1 aliphatic heterocycles. The predicted octanol–water partition coefficient (Wildman–Crippen LogP) is 1.09. The normalized spacial score (nSPS) is 15.2. The Bertz CT molecular complexity index is 551. The molecule has 0 radical (unpaired) electrons. The molecule has 0 aliphatic carbocycles. The Kier molecular flexibility index (Phi) is 3.64. The first-order valence-corrected chi connectivity index (χ1v) is 6.70. The van der Waals surface area contributed by atoms with E-state index in [0.29, 0.717) is 5.82 Å². The zero-order chi connectivity index (χ0) is 13.8. The summed E-state index contributed by atoms with van der Waals surface area (Å²) in [5.41, 5.74) is 3.83. The molecule has 1 aromatic carbocycles. The summed E-state index contributed by atoms with van der Waals surface area (Å²) in [4.78, 5) is 13.0. The van der Waals surface area contributed by atoms with Crippen LogP contribution in [0, 0.1) is 0 Å². The number of benzene rings is 1. The van der Waals surface area contributed by atoms with Crippen LogP contribution < -0.4 is 21.1 Å². The quantitative estimate of drug-likeness (QED) is 0.642. The van der Waals surface area contributed by atoms with Crippen LogP contribution in [0.15, 0.2) is 42.7 Å². The van der Waals surface area contributed by atoms with Crippen LogP contribution in [-0.4, -0.2) is 36.1 Å². The number of para-hydroxylation sites is 1. The van der Waals surface area contributed by atoms with E-state index in [1.807, 2.05) is 12.1 Å². The third kappa shape index (κ3) is 2.65. The predicted molar refractivity (Wildman–Crippen MR) is 80.7 cm³/mol. The maximum atomic E-state index is 5.38. The van der Waals surface area contributed by atoms with Crippen molar-refractivity contribution >= 4 is 17.3 Å². The lowest BCUT2D eigenvalue weighted by atomic mass is 10.2. The minimum atomic E-state index is 0.639. The van der Waals surface area contributed by atoms with Gasteiger partial charge < -0.3 is 15.2 Å². The molecule has 20 heavy (non-hydrogen) atoms. The van der Waals surface area contributed by atoms with Crippen molar-refractivity contribution in [2.24, 2.45) is 5.84 Å². The molecule has 104 valence electrons.